The molecule has 0 saturated heterocycles. The fourth-order valence-corrected chi connectivity index (χ4v) is 6.01. The molecular weight excluding hydrogens is 498 g/mol. The predicted molar refractivity (Wildman–Crippen MR) is 143 cm³/mol. The molecule has 1 heterocycles. The Labute approximate surface area is 216 Å². The lowest BCUT2D eigenvalue weighted by Gasteiger charge is -2.33. The highest BCUT2D eigenvalue weighted by Gasteiger charge is 2.30. The van der Waals surface area contributed by atoms with Crippen LogP contribution in [0.1, 0.15) is 61.4 Å². The number of aromatic nitrogens is 2. The van der Waals surface area contributed by atoms with Crippen LogP contribution in [0, 0.1) is 12.3 Å². The number of carbonyl (C=O) groups is 1. The van der Waals surface area contributed by atoms with Crippen molar-refractivity contribution in [2.45, 2.75) is 58.3 Å². The van der Waals surface area contributed by atoms with Crippen molar-refractivity contribution >= 4 is 38.6 Å². The molecule has 0 saturated carbocycles. The summed E-state index contributed by atoms with van der Waals surface area (Å²) in [7, 11) is -2.53. The van der Waals surface area contributed by atoms with E-state index in [0.717, 1.165) is 12.0 Å². The molecule has 3 rings (SSSR count). The summed E-state index contributed by atoms with van der Waals surface area (Å²) in [6, 6.07) is 11.8. The lowest BCUT2D eigenvalue weighted by Crippen LogP contribution is -2.29. The second kappa shape index (κ2) is 10.4. The molecular formula is C25H33N5O4S2. The fraction of sp³-hybridized carbons (Fsp3) is 0.400. The van der Waals surface area contributed by atoms with Crippen LogP contribution in [0.2, 0.25) is 0 Å². The molecule has 3 aromatic rings. The zero-order chi connectivity index (χ0) is 26.7. The van der Waals surface area contributed by atoms with Crippen molar-refractivity contribution in [2.24, 2.45) is 5.41 Å². The van der Waals surface area contributed by atoms with Crippen molar-refractivity contribution in [3.63, 3.8) is 0 Å². The van der Waals surface area contributed by atoms with E-state index in [4.69, 9.17) is 4.74 Å². The summed E-state index contributed by atoms with van der Waals surface area (Å²) in [6.07, 6.45) is 0.870. The minimum atomic E-state index is -3.98. The van der Waals surface area contributed by atoms with Crippen LogP contribution in [0.3, 0.4) is 0 Å². The number of aryl methyl sites for hydroxylation is 1. The Balaban J connectivity index is 1.82. The molecule has 36 heavy (non-hydrogen) atoms. The van der Waals surface area contributed by atoms with Gasteiger partial charge in [-0.3, -0.25) is 20.4 Å². The van der Waals surface area contributed by atoms with Gasteiger partial charge in [-0.25, -0.2) is 8.42 Å². The Morgan fingerprint density at radius 1 is 1.03 bits per heavy atom. The summed E-state index contributed by atoms with van der Waals surface area (Å²) < 4.78 is 34.8. The Kier molecular flexibility index (Phi) is 7.94. The van der Waals surface area contributed by atoms with Gasteiger partial charge in [-0.2, -0.15) is 0 Å². The lowest BCUT2D eigenvalue weighted by atomic mass is 9.72. The number of nitrogens with one attached hydrogen (secondary N) is 3. The van der Waals surface area contributed by atoms with Gasteiger partial charge in [0.15, 0.2) is 0 Å². The van der Waals surface area contributed by atoms with Gasteiger partial charge in [0.1, 0.15) is 15.7 Å². The van der Waals surface area contributed by atoms with Gasteiger partial charge in [-0.1, -0.05) is 58.1 Å². The highest BCUT2D eigenvalue weighted by Crippen LogP contribution is 2.39. The molecule has 11 heteroatoms. The Bertz CT molecular complexity index is 1340. The molecule has 0 fully saturated rings. The van der Waals surface area contributed by atoms with E-state index >= 15 is 0 Å². The molecule has 2 aromatic carbocycles. The molecule has 0 aliphatic heterocycles. The second-order valence-electron chi connectivity index (χ2n) is 10.4. The molecule has 9 nitrogen and oxygen atoms in total. The molecule has 1 amide bonds. The van der Waals surface area contributed by atoms with Gasteiger partial charge >= 0.3 is 5.91 Å². The Morgan fingerprint density at radius 3 is 2.33 bits per heavy atom. The number of anilines is 2. The van der Waals surface area contributed by atoms with Crippen molar-refractivity contribution < 1.29 is 17.9 Å². The van der Waals surface area contributed by atoms with E-state index in [9.17, 15) is 13.2 Å². The van der Waals surface area contributed by atoms with Gasteiger partial charge in [0.25, 0.3) is 10.0 Å². The topological polar surface area (TPSA) is 122 Å². The summed E-state index contributed by atoms with van der Waals surface area (Å²) in [4.78, 5) is 12.3. The number of methoxy groups -OCH3 is 1. The van der Waals surface area contributed by atoms with E-state index in [1.165, 1.54) is 18.4 Å². The van der Waals surface area contributed by atoms with Crippen LogP contribution in [-0.2, 0) is 15.4 Å². The molecule has 0 spiro atoms. The average Bonchev–Trinajstić information content (AvgIpc) is 3.22. The van der Waals surface area contributed by atoms with Crippen LogP contribution in [-0.4, -0.2) is 31.6 Å². The van der Waals surface area contributed by atoms with Crippen molar-refractivity contribution in [1.82, 2.24) is 15.6 Å². The van der Waals surface area contributed by atoms with E-state index in [2.05, 4.69) is 60.4 Å². The number of nitrogens with zero attached hydrogens (tertiary/aromatic N) is 2. The second-order valence-corrected chi connectivity index (χ2v) is 13.2. The molecule has 0 aliphatic carbocycles. The van der Waals surface area contributed by atoms with E-state index < -0.39 is 15.9 Å². The summed E-state index contributed by atoms with van der Waals surface area (Å²) in [5, 5.41) is 8.52. The number of benzene rings is 2. The van der Waals surface area contributed by atoms with Gasteiger partial charge in [0, 0.05) is 0 Å². The molecule has 0 aliphatic rings. The van der Waals surface area contributed by atoms with E-state index in [0.29, 0.717) is 16.4 Å². The van der Waals surface area contributed by atoms with E-state index in [-0.39, 0.29) is 26.5 Å². The third kappa shape index (κ3) is 6.94. The van der Waals surface area contributed by atoms with Crippen molar-refractivity contribution in [3.8, 4) is 5.75 Å². The summed E-state index contributed by atoms with van der Waals surface area (Å²) in [5.74, 6) is -0.183. The Morgan fingerprint density at radius 2 is 1.72 bits per heavy atom. The number of hydrogen-bond donors (Lipinski definition) is 3. The number of hydrazine groups is 1. The first-order chi connectivity index (χ1) is 16.7. The average molecular weight is 532 g/mol. The van der Waals surface area contributed by atoms with Gasteiger partial charge in [0.05, 0.1) is 18.5 Å². The van der Waals surface area contributed by atoms with Crippen LogP contribution in [0.4, 0.5) is 11.4 Å². The molecule has 194 valence electrons. The number of ether oxygens (including phenoxy) is 1. The summed E-state index contributed by atoms with van der Waals surface area (Å²) in [5.41, 5.74) is 6.84. The van der Waals surface area contributed by atoms with Crippen LogP contribution in [0.15, 0.2) is 47.4 Å². The first-order valence-electron chi connectivity index (χ1n) is 11.4. The first kappa shape index (κ1) is 27.4. The first-order valence-corrected chi connectivity index (χ1v) is 13.7. The van der Waals surface area contributed by atoms with Crippen LogP contribution in [0.5, 0.6) is 5.75 Å². The summed E-state index contributed by atoms with van der Waals surface area (Å²) in [6.45, 7) is 12.5. The highest BCUT2D eigenvalue weighted by atomic mass is 32.2. The molecule has 0 bridgehead atoms. The molecule has 1 aromatic heterocycles. The normalized spacial score (nSPS) is 12.2. The SMILES string of the molecule is COc1ccc(C(C)(C)CC(C)(C)C)cc1S(=O)(=O)Nc1cccc(NNC(=O)c2nnc(C)s2)c1. The molecule has 0 radical (unpaired) electrons. The number of rotatable bonds is 9. The third-order valence-electron chi connectivity index (χ3n) is 5.36. The molecule has 3 N–H and O–H groups in total. The quantitative estimate of drug-likeness (QED) is 0.327. The number of sulfonamides is 1. The highest BCUT2D eigenvalue weighted by molar-refractivity contribution is 7.92. The smallest absolute Gasteiger partial charge is 0.300 e. The largest absolute Gasteiger partial charge is 0.495 e. The zero-order valence-electron chi connectivity index (χ0n) is 21.6. The standard InChI is InChI=1S/C25H33N5O4S2/c1-16-26-29-23(35-16)22(31)28-27-18-9-8-10-19(14-18)30-36(32,33)21-13-17(11-12-20(21)34-7)25(5,6)15-24(2,3)4/h8-14,27,30H,15H2,1-7H3,(H,28,31). The van der Waals surface area contributed by atoms with E-state index in [1.54, 1.807) is 43.3 Å². The van der Waals surface area contributed by atoms with Gasteiger partial charge < -0.3 is 4.74 Å². The number of amides is 1. The number of carbonyl (C=O) groups excluding carboxylic acids is 1. The molecule has 0 unspecified atom stereocenters. The van der Waals surface area contributed by atoms with Crippen molar-refractivity contribution in [2.75, 3.05) is 17.3 Å². The Hall–Kier alpha value is -3.18. The van der Waals surface area contributed by atoms with Gasteiger partial charge in [0.2, 0.25) is 5.01 Å². The fourth-order valence-electron chi connectivity index (χ4n) is 4.18. The van der Waals surface area contributed by atoms with Gasteiger partial charge in [-0.05, 0) is 60.1 Å². The molecule has 0 atom stereocenters. The maximum absolute atomic E-state index is 13.4. The van der Waals surface area contributed by atoms with Gasteiger partial charge in [-0.15, -0.1) is 10.2 Å². The van der Waals surface area contributed by atoms with E-state index in [1.807, 2.05) is 6.07 Å². The zero-order valence-corrected chi connectivity index (χ0v) is 23.2. The summed E-state index contributed by atoms with van der Waals surface area (Å²) >= 11 is 1.17. The van der Waals surface area contributed by atoms with Crippen LogP contribution >= 0.6 is 11.3 Å². The minimum absolute atomic E-state index is 0.0581. The minimum Gasteiger partial charge on any atom is -0.495 e. The lowest BCUT2D eigenvalue weighted by molar-refractivity contribution is 0.0961. The van der Waals surface area contributed by atoms with Crippen molar-refractivity contribution in [3.05, 3.63) is 58.0 Å². The number of hydrogen-bond acceptors (Lipinski definition) is 8. The van der Waals surface area contributed by atoms with Crippen LogP contribution < -0.4 is 20.3 Å². The van der Waals surface area contributed by atoms with Crippen molar-refractivity contribution in [1.29, 1.82) is 0 Å². The third-order valence-corrected chi connectivity index (χ3v) is 7.60. The predicted octanol–water partition coefficient (Wildman–Crippen LogP) is 5.13. The van der Waals surface area contributed by atoms with Crippen LogP contribution in [0.25, 0.3) is 0 Å². The maximum Gasteiger partial charge on any atom is 0.300 e. The maximum atomic E-state index is 13.4. The monoisotopic (exact) mass is 531 g/mol.